The van der Waals surface area contributed by atoms with E-state index in [4.69, 9.17) is 5.84 Å². The van der Waals surface area contributed by atoms with E-state index < -0.39 is 0 Å². The van der Waals surface area contributed by atoms with Gasteiger partial charge < -0.3 is 0 Å². The van der Waals surface area contributed by atoms with Crippen LogP contribution in [0.15, 0.2) is 0 Å². The fraction of sp³-hybridized carbons (Fsp3) is 1.00. The van der Waals surface area contributed by atoms with Crippen LogP contribution in [0.25, 0.3) is 0 Å². The molecule has 0 saturated heterocycles. The van der Waals surface area contributed by atoms with Gasteiger partial charge in [-0.2, -0.15) is 0 Å². The van der Waals surface area contributed by atoms with Crippen molar-refractivity contribution in [3.05, 3.63) is 0 Å². The summed E-state index contributed by atoms with van der Waals surface area (Å²) in [7, 11) is 0. The summed E-state index contributed by atoms with van der Waals surface area (Å²) in [6.07, 6.45) is 12.4. The quantitative estimate of drug-likeness (QED) is 0.555. The smallest absolute Gasteiger partial charge is 0.0241 e. The van der Waals surface area contributed by atoms with Crippen LogP contribution in [0.1, 0.15) is 71.6 Å². The summed E-state index contributed by atoms with van der Waals surface area (Å²) in [5.41, 5.74) is 3.09. The molecule has 0 spiro atoms. The van der Waals surface area contributed by atoms with Gasteiger partial charge in [-0.15, -0.1) is 0 Å². The number of nitrogens with two attached hydrogens (primary N) is 1. The fourth-order valence-corrected chi connectivity index (χ4v) is 2.89. The summed E-state index contributed by atoms with van der Waals surface area (Å²) < 4.78 is 0. The maximum atomic E-state index is 5.75. The maximum absolute atomic E-state index is 5.75. The minimum Gasteiger partial charge on any atom is -0.271 e. The maximum Gasteiger partial charge on any atom is 0.0241 e. The molecule has 2 heteroatoms. The van der Waals surface area contributed by atoms with Crippen LogP contribution in [0.3, 0.4) is 0 Å². The zero-order valence-corrected chi connectivity index (χ0v) is 11.2. The predicted molar refractivity (Wildman–Crippen MR) is 71.0 cm³/mol. The third kappa shape index (κ3) is 4.84. The molecule has 0 radical (unpaired) electrons. The third-order valence-electron chi connectivity index (χ3n) is 4.29. The molecule has 1 fully saturated rings. The molecule has 0 heterocycles. The van der Waals surface area contributed by atoms with Crippen LogP contribution in [-0.4, -0.2) is 6.04 Å². The standard InChI is InChI=1S/C14H30N2/c1-3-12(2)11-14(16-15)13-9-7-5-4-6-8-10-13/h12-14,16H,3-11,15H2,1-2H3. The van der Waals surface area contributed by atoms with Crippen LogP contribution in [0, 0.1) is 11.8 Å². The Bertz CT molecular complexity index is 162. The largest absolute Gasteiger partial charge is 0.271 e. The highest BCUT2D eigenvalue weighted by molar-refractivity contribution is 4.77. The minimum atomic E-state index is 0.549. The van der Waals surface area contributed by atoms with Crippen molar-refractivity contribution >= 4 is 0 Å². The molecule has 1 saturated carbocycles. The Labute approximate surface area is 101 Å². The number of hydrogen-bond donors (Lipinski definition) is 2. The summed E-state index contributed by atoms with van der Waals surface area (Å²) in [6, 6.07) is 0.549. The summed E-state index contributed by atoms with van der Waals surface area (Å²) >= 11 is 0. The number of nitrogens with one attached hydrogen (secondary N) is 1. The molecule has 1 aliphatic rings. The average Bonchev–Trinajstić information content (AvgIpc) is 2.26. The molecular formula is C14H30N2. The van der Waals surface area contributed by atoms with E-state index in [0.717, 1.165) is 11.8 Å². The van der Waals surface area contributed by atoms with E-state index in [1.807, 2.05) is 0 Å². The molecule has 0 aromatic rings. The molecule has 0 aromatic heterocycles. The molecule has 16 heavy (non-hydrogen) atoms. The predicted octanol–water partition coefficient (Wildman–Crippen LogP) is 3.62. The van der Waals surface area contributed by atoms with Crippen molar-refractivity contribution in [2.75, 3.05) is 0 Å². The number of rotatable bonds is 5. The first-order valence-corrected chi connectivity index (χ1v) is 7.24. The second-order valence-electron chi connectivity index (χ2n) is 5.63. The fourth-order valence-electron chi connectivity index (χ4n) is 2.89. The first kappa shape index (κ1) is 14.0. The topological polar surface area (TPSA) is 38.0 Å². The Hall–Kier alpha value is -0.0800. The molecule has 2 nitrogen and oxygen atoms in total. The van der Waals surface area contributed by atoms with Gasteiger partial charge in [-0.05, 0) is 31.1 Å². The van der Waals surface area contributed by atoms with Gasteiger partial charge in [-0.3, -0.25) is 11.3 Å². The molecule has 0 amide bonds. The molecule has 0 aromatic carbocycles. The Balaban J connectivity index is 2.41. The summed E-state index contributed by atoms with van der Waals surface area (Å²) in [4.78, 5) is 0. The van der Waals surface area contributed by atoms with Crippen molar-refractivity contribution in [1.29, 1.82) is 0 Å². The van der Waals surface area contributed by atoms with Crippen LogP contribution in [-0.2, 0) is 0 Å². The van der Waals surface area contributed by atoms with Crippen molar-refractivity contribution in [3.8, 4) is 0 Å². The zero-order valence-electron chi connectivity index (χ0n) is 11.2. The molecule has 1 aliphatic carbocycles. The van der Waals surface area contributed by atoms with E-state index in [-0.39, 0.29) is 0 Å². The van der Waals surface area contributed by atoms with E-state index in [1.165, 1.54) is 57.8 Å². The van der Waals surface area contributed by atoms with Crippen LogP contribution >= 0.6 is 0 Å². The van der Waals surface area contributed by atoms with Crippen molar-refractivity contribution in [2.24, 2.45) is 17.7 Å². The lowest BCUT2D eigenvalue weighted by Gasteiger charge is -2.30. The van der Waals surface area contributed by atoms with E-state index in [9.17, 15) is 0 Å². The minimum absolute atomic E-state index is 0.549. The lowest BCUT2D eigenvalue weighted by Crippen LogP contribution is -2.42. The SMILES string of the molecule is CCC(C)CC(NN)C1CCCCCCC1. The van der Waals surface area contributed by atoms with Crippen molar-refractivity contribution in [1.82, 2.24) is 5.43 Å². The second kappa shape index (κ2) is 8.08. The van der Waals surface area contributed by atoms with Gasteiger partial charge in [0.1, 0.15) is 0 Å². The first-order valence-electron chi connectivity index (χ1n) is 7.24. The van der Waals surface area contributed by atoms with Gasteiger partial charge in [0, 0.05) is 6.04 Å². The number of hydrazine groups is 1. The normalized spacial score (nSPS) is 23.4. The Morgan fingerprint density at radius 2 is 1.69 bits per heavy atom. The van der Waals surface area contributed by atoms with E-state index in [0.29, 0.717) is 6.04 Å². The van der Waals surface area contributed by atoms with Gasteiger partial charge in [-0.1, -0.05) is 52.4 Å². The van der Waals surface area contributed by atoms with Crippen molar-refractivity contribution in [3.63, 3.8) is 0 Å². The average molecular weight is 226 g/mol. The van der Waals surface area contributed by atoms with Crippen LogP contribution in [0.5, 0.6) is 0 Å². The molecule has 0 aliphatic heterocycles. The molecular weight excluding hydrogens is 196 g/mol. The van der Waals surface area contributed by atoms with Gasteiger partial charge in [-0.25, -0.2) is 0 Å². The zero-order chi connectivity index (χ0) is 11.8. The first-order chi connectivity index (χ1) is 7.77. The van der Waals surface area contributed by atoms with Crippen molar-refractivity contribution in [2.45, 2.75) is 77.7 Å². The molecule has 3 N–H and O–H groups in total. The highest BCUT2D eigenvalue weighted by Gasteiger charge is 2.22. The van der Waals surface area contributed by atoms with Crippen LogP contribution in [0.2, 0.25) is 0 Å². The highest BCUT2D eigenvalue weighted by atomic mass is 15.2. The lowest BCUT2D eigenvalue weighted by atomic mass is 9.82. The molecule has 96 valence electrons. The summed E-state index contributed by atoms with van der Waals surface area (Å²) in [5.74, 6) is 7.36. The van der Waals surface area contributed by atoms with Crippen LogP contribution in [0.4, 0.5) is 0 Å². The van der Waals surface area contributed by atoms with Gasteiger partial charge in [0.2, 0.25) is 0 Å². The van der Waals surface area contributed by atoms with E-state index in [2.05, 4.69) is 19.3 Å². The monoisotopic (exact) mass is 226 g/mol. The van der Waals surface area contributed by atoms with Crippen LogP contribution < -0.4 is 11.3 Å². The van der Waals surface area contributed by atoms with E-state index in [1.54, 1.807) is 0 Å². The van der Waals surface area contributed by atoms with Gasteiger partial charge in [0.25, 0.3) is 0 Å². The molecule has 2 unspecified atom stereocenters. The lowest BCUT2D eigenvalue weighted by molar-refractivity contribution is 0.250. The van der Waals surface area contributed by atoms with E-state index >= 15 is 0 Å². The molecule has 0 bridgehead atoms. The van der Waals surface area contributed by atoms with Gasteiger partial charge in [0.05, 0.1) is 0 Å². The third-order valence-corrected chi connectivity index (χ3v) is 4.29. The molecule has 2 atom stereocenters. The number of hydrogen-bond acceptors (Lipinski definition) is 2. The van der Waals surface area contributed by atoms with Crippen molar-refractivity contribution < 1.29 is 0 Å². The van der Waals surface area contributed by atoms with Gasteiger partial charge in [0.15, 0.2) is 0 Å². The Kier molecular flexibility index (Phi) is 7.06. The second-order valence-corrected chi connectivity index (χ2v) is 5.63. The Morgan fingerprint density at radius 1 is 1.12 bits per heavy atom. The van der Waals surface area contributed by atoms with Gasteiger partial charge >= 0.3 is 0 Å². The highest BCUT2D eigenvalue weighted by Crippen LogP contribution is 2.27. The summed E-state index contributed by atoms with van der Waals surface area (Å²) in [5, 5.41) is 0. The Morgan fingerprint density at radius 3 is 2.19 bits per heavy atom. The molecule has 1 rings (SSSR count). The summed E-state index contributed by atoms with van der Waals surface area (Å²) in [6.45, 7) is 4.61.